The second kappa shape index (κ2) is 6.96. The van der Waals surface area contributed by atoms with E-state index in [1.165, 1.54) is 10.0 Å². The van der Waals surface area contributed by atoms with Crippen LogP contribution in [0.1, 0.15) is 46.5 Å². The number of amides is 3. The van der Waals surface area contributed by atoms with Crippen LogP contribution in [0, 0.1) is 5.41 Å². The van der Waals surface area contributed by atoms with Gasteiger partial charge in [0.05, 0.1) is 0 Å². The van der Waals surface area contributed by atoms with Crippen LogP contribution < -0.4 is 0 Å². The quantitative estimate of drug-likeness (QED) is 0.642. The summed E-state index contributed by atoms with van der Waals surface area (Å²) in [4.78, 5) is 41.8. The molecule has 8 heteroatoms. The summed E-state index contributed by atoms with van der Waals surface area (Å²) in [6, 6.07) is 0.290. The third kappa shape index (κ3) is 3.63. The average molecular weight is 380 g/mol. The molecule has 3 amide bonds. The van der Waals surface area contributed by atoms with Crippen molar-refractivity contribution < 1.29 is 19.1 Å². The van der Waals surface area contributed by atoms with E-state index in [0.717, 1.165) is 25.8 Å². The molecule has 0 N–H and O–H groups in total. The number of carbonyl (C=O) groups is 3. The fourth-order valence-electron chi connectivity index (χ4n) is 4.47. The SMILES string of the molecule is CN1C(=O)C2(CCCN(C3CCN(C(=O)OC(C)(C)C)CC3)C2)C(=O)N1C. The number of nitrogens with zero attached hydrogens (tertiary/aromatic N) is 4. The second-order valence-corrected chi connectivity index (χ2v) is 9.01. The predicted molar refractivity (Wildman–Crippen MR) is 99.6 cm³/mol. The van der Waals surface area contributed by atoms with Crippen LogP contribution in [-0.2, 0) is 14.3 Å². The lowest BCUT2D eigenvalue weighted by atomic mass is 9.78. The van der Waals surface area contributed by atoms with Gasteiger partial charge in [0.1, 0.15) is 11.0 Å². The highest BCUT2D eigenvalue weighted by Gasteiger charge is 2.58. The lowest BCUT2D eigenvalue weighted by molar-refractivity contribution is -0.143. The average Bonchev–Trinajstić information content (AvgIpc) is 2.77. The van der Waals surface area contributed by atoms with Gasteiger partial charge in [0, 0.05) is 39.8 Å². The molecule has 3 saturated heterocycles. The molecule has 0 saturated carbocycles. The van der Waals surface area contributed by atoms with Gasteiger partial charge in [0.25, 0.3) is 11.8 Å². The molecule has 0 atom stereocenters. The Labute approximate surface area is 161 Å². The molecule has 152 valence electrons. The molecule has 3 fully saturated rings. The van der Waals surface area contributed by atoms with Gasteiger partial charge in [-0.1, -0.05) is 0 Å². The van der Waals surface area contributed by atoms with Crippen molar-refractivity contribution in [1.82, 2.24) is 19.8 Å². The van der Waals surface area contributed by atoms with Crippen molar-refractivity contribution in [3.8, 4) is 0 Å². The van der Waals surface area contributed by atoms with Gasteiger partial charge < -0.3 is 9.64 Å². The molecule has 1 spiro atoms. The maximum Gasteiger partial charge on any atom is 0.410 e. The number of ether oxygens (including phenoxy) is 1. The molecule has 0 radical (unpaired) electrons. The van der Waals surface area contributed by atoms with Crippen LogP contribution in [-0.4, -0.2) is 89.6 Å². The van der Waals surface area contributed by atoms with Crippen molar-refractivity contribution >= 4 is 17.9 Å². The maximum absolute atomic E-state index is 12.8. The Kier molecular flexibility index (Phi) is 5.14. The Morgan fingerprint density at radius 3 is 2.11 bits per heavy atom. The van der Waals surface area contributed by atoms with Gasteiger partial charge in [-0.05, 0) is 53.0 Å². The number of likely N-dealkylation sites (tertiary alicyclic amines) is 2. The highest BCUT2D eigenvalue weighted by Crippen LogP contribution is 2.40. The monoisotopic (exact) mass is 380 g/mol. The number of carbonyl (C=O) groups excluding carboxylic acids is 3. The minimum absolute atomic E-state index is 0.0918. The number of hydrazine groups is 1. The van der Waals surface area contributed by atoms with E-state index in [4.69, 9.17) is 4.74 Å². The lowest BCUT2D eigenvalue weighted by Crippen LogP contribution is -2.56. The molecule has 3 rings (SSSR count). The Morgan fingerprint density at radius 1 is 1.04 bits per heavy atom. The molecule has 27 heavy (non-hydrogen) atoms. The van der Waals surface area contributed by atoms with Crippen molar-refractivity contribution in [2.45, 2.75) is 58.1 Å². The van der Waals surface area contributed by atoms with Gasteiger partial charge in [-0.3, -0.25) is 24.5 Å². The van der Waals surface area contributed by atoms with Gasteiger partial charge in [0.15, 0.2) is 0 Å². The van der Waals surface area contributed by atoms with Crippen LogP contribution in [0.15, 0.2) is 0 Å². The summed E-state index contributed by atoms with van der Waals surface area (Å²) in [6.45, 7) is 8.27. The Balaban J connectivity index is 1.62. The third-order valence-corrected chi connectivity index (χ3v) is 6.01. The highest BCUT2D eigenvalue weighted by atomic mass is 16.6. The van der Waals surface area contributed by atoms with Gasteiger partial charge in [0.2, 0.25) is 0 Å². The van der Waals surface area contributed by atoms with Crippen molar-refractivity contribution in [3.05, 3.63) is 0 Å². The first kappa shape index (κ1) is 19.9. The van der Waals surface area contributed by atoms with E-state index >= 15 is 0 Å². The Morgan fingerprint density at radius 2 is 1.59 bits per heavy atom. The van der Waals surface area contributed by atoms with E-state index in [1.807, 2.05) is 20.8 Å². The zero-order chi connectivity index (χ0) is 20.0. The van der Waals surface area contributed by atoms with Crippen LogP contribution >= 0.6 is 0 Å². The minimum atomic E-state index is -0.927. The molecule has 3 aliphatic rings. The molecule has 0 aliphatic carbocycles. The molecule has 0 aromatic heterocycles. The summed E-state index contributed by atoms with van der Waals surface area (Å²) in [5.41, 5.74) is -1.42. The normalized spacial score (nSPS) is 24.9. The van der Waals surface area contributed by atoms with Gasteiger partial charge in [-0.2, -0.15) is 0 Å². The highest BCUT2D eigenvalue weighted by molar-refractivity contribution is 6.09. The van der Waals surface area contributed by atoms with E-state index in [9.17, 15) is 14.4 Å². The zero-order valence-corrected chi connectivity index (χ0v) is 17.2. The molecule has 3 aliphatic heterocycles. The van der Waals surface area contributed by atoms with E-state index in [-0.39, 0.29) is 23.9 Å². The van der Waals surface area contributed by atoms with Crippen molar-refractivity contribution in [2.24, 2.45) is 5.41 Å². The lowest BCUT2D eigenvalue weighted by Gasteiger charge is -2.44. The summed E-state index contributed by atoms with van der Waals surface area (Å²) < 4.78 is 5.46. The minimum Gasteiger partial charge on any atom is -0.444 e. The number of hydrogen-bond donors (Lipinski definition) is 0. The molecule has 8 nitrogen and oxygen atoms in total. The summed E-state index contributed by atoms with van der Waals surface area (Å²) in [7, 11) is 3.32. The Hall–Kier alpha value is -1.83. The van der Waals surface area contributed by atoms with Crippen molar-refractivity contribution in [3.63, 3.8) is 0 Å². The summed E-state index contributed by atoms with van der Waals surface area (Å²) in [5.74, 6) is -0.184. The van der Waals surface area contributed by atoms with Gasteiger partial charge >= 0.3 is 6.09 Å². The molecule has 0 unspecified atom stereocenters. The first-order chi connectivity index (χ1) is 12.5. The van der Waals surface area contributed by atoms with Crippen molar-refractivity contribution in [1.29, 1.82) is 0 Å². The number of rotatable bonds is 1. The van der Waals surface area contributed by atoms with E-state index in [2.05, 4.69) is 4.90 Å². The largest absolute Gasteiger partial charge is 0.444 e. The maximum atomic E-state index is 12.8. The third-order valence-electron chi connectivity index (χ3n) is 6.01. The van der Waals surface area contributed by atoms with Crippen molar-refractivity contribution in [2.75, 3.05) is 40.3 Å². The topological polar surface area (TPSA) is 73.4 Å². The fourth-order valence-corrected chi connectivity index (χ4v) is 4.47. The molecular formula is C19H32N4O4. The van der Waals surface area contributed by atoms with Crippen LogP contribution in [0.3, 0.4) is 0 Å². The summed E-state index contributed by atoms with van der Waals surface area (Å²) in [5, 5.41) is 2.88. The standard InChI is InChI=1S/C19H32N4O4/c1-18(2,3)27-17(26)22-11-7-14(8-12-22)23-10-6-9-19(13-23)15(24)20(4)21(5)16(19)25/h14H,6-13H2,1-5H3. The summed E-state index contributed by atoms with van der Waals surface area (Å²) in [6.07, 6.45) is 2.87. The first-order valence-electron chi connectivity index (χ1n) is 9.83. The fraction of sp³-hybridized carbons (Fsp3) is 0.842. The number of hydrogen-bond acceptors (Lipinski definition) is 5. The Bertz CT molecular complexity index is 602. The smallest absolute Gasteiger partial charge is 0.410 e. The molecule has 0 aromatic carbocycles. The van der Waals surface area contributed by atoms with Gasteiger partial charge in [-0.15, -0.1) is 0 Å². The van der Waals surface area contributed by atoms with E-state index < -0.39 is 11.0 Å². The zero-order valence-electron chi connectivity index (χ0n) is 17.2. The molecule has 3 heterocycles. The van der Waals surface area contributed by atoms with Crippen LogP contribution in [0.25, 0.3) is 0 Å². The second-order valence-electron chi connectivity index (χ2n) is 9.01. The first-order valence-corrected chi connectivity index (χ1v) is 9.83. The molecule has 0 aromatic rings. The van der Waals surface area contributed by atoms with E-state index in [0.29, 0.717) is 26.1 Å². The van der Waals surface area contributed by atoms with Crippen LogP contribution in [0.5, 0.6) is 0 Å². The van der Waals surface area contributed by atoms with E-state index in [1.54, 1.807) is 19.0 Å². The predicted octanol–water partition coefficient (Wildman–Crippen LogP) is 1.31. The van der Waals surface area contributed by atoms with Gasteiger partial charge in [-0.25, -0.2) is 4.79 Å². The van der Waals surface area contributed by atoms with Crippen LogP contribution in [0.2, 0.25) is 0 Å². The number of piperidine rings is 2. The molecule has 0 bridgehead atoms. The molecular weight excluding hydrogens is 348 g/mol. The van der Waals surface area contributed by atoms with Crippen LogP contribution in [0.4, 0.5) is 4.79 Å². The summed E-state index contributed by atoms with van der Waals surface area (Å²) >= 11 is 0.